The average molecular weight is 302 g/mol. The molecule has 0 N–H and O–H groups in total. The molecule has 0 aliphatic carbocycles. The standard InChI is InChI=1S/C11H8ClNO5S/c12-10(14)6-8-7-11(13-17-8)18-19(15,16)9-4-2-1-3-5-9/h1-5,7H,6H2. The van der Waals surface area contributed by atoms with E-state index in [2.05, 4.69) is 5.16 Å². The Hall–Kier alpha value is -1.86. The van der Waals surface area contributed by atoms with Crippen LogP contribution >= 0.6 is 11.6 Å². The summed E-state index contributed by atoms with van der Waals surface area (Å²) in [4.78, 5) is 10.6. The first-order valence-corrected chi connectivity index (χ1v) is 6.89. The highest BCUT2D eigenvalue weighted by molar-refractivity contribution is 7.87. The first-order chi connectivity index (χ1) is 8.97. The second kappa shape index (κ2) is 5.41. The van der Waals surface area contributed by atoms with Crippen LogP contribution in [0.15, 0.2) is 45.8 Å². The molecule has 8 heteroatoms. The molecule has 0 saturated heterocycles. The number of hydrogen-bond donors (Lipinski definition) is 0. The van der Waals surface area contributed by atoms with E-state index in [0.29, 0.717) is 0 Å². The highest BCUT2D eigenvalue weighted by atomic mass is 35.5. The normalized spacial score (nSPS) is 11.2. The molecule has 19 heavy (non-hydrogen) atoms. The van der Waals surface area contributed by atoms with E-state index < -0.39 is 15.4 Å². The van der Waals surface area contributed by atoms with E-state index in [1.807, 2.05) is 0 Å². The number of halogens is 1. The topological polar surface area (TPSA) is 86.5 Å². The summed E-state index contributed by atoms with van der Waals surface area (Å²) in [5.41, 5.74) is 0. The summed E-state index contributed by atoms with van der Waals surface area (Å²) in [5.74, 6) is -0.130. The molecule has 0 radical (unpaired) electrons. The molecule has 0 aliphatic heterocycles. The van der Waals surface area contributed by atoms with E-state index >= 15 is 0 Å². The minimum absolute atomic E-state index is 0.00651. The van der Waals surface area contributed by atoms with Crippen molar-refractivity contribution in [1.82, 2.24) is 5.16 Å². The summed E-state index contributed by atoms with van der Waals surface area (Å²) >= 11 is 5.16. The number of hydrogen-bond acceptors (Lipinski definition) is 6. The summed E-state index contributed by atoms with van der Waals surface area (Å²) in [6.07, 6.45) is -0.191. The van der Waals surface area contributed by atoms with Crippen molar-refractivity contribution in [3.8, 4) is 5.88 Å². The lowest BCUT2D eigenvalue weighted by Crippen LogP contribution is -2.09. The van der Waals surface area contributed by atoms with Gasteiger partial charge in [0.15, 0.2) is 0 Å². The van der Waals surface area contributed by atoms with Crippen LogP contribution in [0.3, 0.4) is 0 Å². The zero-order valence-electron chi connectivity index (χ0n) is 9.45. The van der Waals surface area contributed by atoms with Crippen LogP contribution in [0.4, 0.5) is 0 Å². The fourth-order valence-electron chi connectivity index (χ4n) is 1.30. The molecule has 1 aromatic carbocycles. The van der Waals surface area contributed by atoms with Gasteiger partial charge in [-0.1, -0.05) is 18.2 Å². The number of nitrogens with zero attached hydrogens (tertiary/aromatic N) is 1. The Labute approximate surface area is 114 Å². The van der Waals surface area contributed by atoms with E-state index in [1.54, 1.807) is 18.2 Å². The lowest BCUT2D eigenvalue weighted by molar-refractivity contribution is -0.111. The van der Waals surface area contributed by atoms with Crippen LogP contribution < -0.4 is 4.18 Å². The Kier molecular flexibility index (Phi) is 3.87. The monoisotopic (exact) mass is 301 g/mol. The molecule has 0 spiro atoms. The van der Waals surface area contributed by atoms with Gasteiger partial charge >= 0.3 is 10.1 Å². The molecule has 0 bridgehead atoms. The first-order valence-electron chi connectivity index (χ1n) is 5.11. The predicted molar refractivity (Wildman–Crippen MR) is 65.3 cm³/mol. The average Bonchev–Trinajstić information content (AvgIpc) is 2.76. The van der Waals surface area contributed by atoms with Crippen LogP contribution in [0.2, 0.25) is 0 Å². The van der Waals surface area contributed by atoms with Gasteiger partial charge in [0, 0.05) is 6.07 Å². The largest absolute Gasteiger partial charge is 0.357 e. The molecule has 0 aliphatic rings. The fraction of sp³-hybridized carbons (Fsp3) is 0.0909. The molecular formula is C11H8ClNO5S. The van der Waals surface area contributed by atoms with E-state index in [0.717, 1.165) is 0 Å². The lowest BCUT2D eigenvalue weighted by atomic mass is 10.3. The van der Waals surface area contributed by atoms with E-state index in [4.69, 9.17) is 20.3 Å². The molecule has 2 rings (SSSR count). The number of benzene rings is 1. The first kappa shape index (κ1) is 13.6. The molecule has 1 heterocycles. The minimum atomic E-state index is -3.97. The summed E-state index contributed by atoms with van der Waals surface area (Å²) in [6.45, 7) is 0. The van der Waals surface area contributed by atoms with Crippen molar-refractivity contribution in [2.24, 2.45) is 0 Å². The zero-order chi connectivity index (χ0) is 13.9. The van der Waals surface area contributed by atoms with Gasteiger partial charge in [0.1, 0.15) is 10.7 Å². The van der Waals surface area contributed by atoms with Gasteiger partial charge in [0.2, 0.25) is 5.24 Å². The summed E-state index contributed by atoms with van der Waals surface area (Å²) in [7, 11) is -3.97. The number of carbonyl (C=O) groups excluding carboxylic acids is 1. The molecule has 1 aromatic heterocycles. The lowest BCUT2D eigenvalue weighted by Gasteiger charge is -2.02. The van der Waals surface area contributed by atoms with Gasteiger partial charge in [-0.3, -0.25) is 4.79 Å². The molecule has 0 unspecified atom stereocenters. The fourth-order valence-corrected chi connectivity index (χ4v) is 2.32. The molecule has 2 aromatic rings. The zero-order valence-corrected chi connectivity index (χ0v) is 11.0. The van der Waals surface area contributed by atoms with Crippen molar-refractivity contribution in [2.75, 3.05) is 0 Å². The maximum absolute atomic E-state index is 11.8. The number of aromatic nitrogens is 1. The van der Waals surface area contributed by atoms with Gasteiger partial charge in [0.25, 0.3) is 5.88 Å². The molecule has 100 valence electrons. The minimum Gasteiger partial charge on any atom is -0.357 e. The smallest absolute Gasteiger partial charge is 0.340 e. The Bertz CT molecular complexity index is 680. The summed E-state index contributed by atoms with van der Waals surface area (Å²) in [6, 6.07) is 8.78. The highest BCUT2D eigenvalue weighted by Gasteiger charge is 2.19. The van der Waals surface area contributed by atoms with Crippen molar-refractivity contribution in [1.29, 1.82) is 0 Å². The highest BCUT2D eigenvalue weighted by Crippen LogP contribution is 2.18. The van der Waals surface area contributed by atoms with Crippen molar-refractivity contribution in [3.05, 3.63) is 42.2 Å². The number of rotatable bonds is 5. The van der Waals surface area contributed by atoms with E-state index in [9.17, 15) is 13.2 Å². The third-order valence-electron chi connectivity index (χ3n) is 2.08. The third kappa shape index (κ3) is 3.55. The van der Waals surface area contributed by atoms with E-state index in [-0.39, 0.29) is 23.0 Å². The SMILES string of the molecule is O=C(Cl)Cc1cc(OS(=O)(=O)c2ccccc2)no1. The molecular weight excluding hydrogens is 294 g/mol. The van der Waals surface area contributed by atoms with Crippen LogP contribution in [0.1, 0.15) is 5.76 Å². The number of carbonyl (C=O) groups is 1. The van der Waals surface area contributed by atoms with Crippen LogP contribution in [-0.4, -0.2) is 18.8 Å². The maximum Gasteiger partial charge on any atom is 0.340 e. The third-order valence-corrected chi connectivity index (χ3v) is 3.45. The molecule has 0 fully saturated rings. The second-order valence-corrected chi connectivity index (χ2v) is 5.48. The summed E-state index contributed by atoms with van der Waals surface area (Å²) < 4.78 is 33.1. The Morgan fingerprint density at radius 3 is 2.63 bits per heavy atom. The van der Waals surface area contributed by atoms with Gasteiger partial charge < -0.3 is 8.71 Å². The van der Waals surface area contributed by atoms with Crippen molar-refractivity contribution < 1.29 is 21.9 Å². The maximum atomic E-state index is 11.8. The second-order valence-electron chi connectivity index (χ2n) is 3.51. The van der Waals surface area contributed by atoms with Crippen LogP contribution in [0.25, 0.3) is 0 Å². The van der Waals surface area contributed by atoms with Gasteiger partial charge in [-0.25, -0.2) is 0 Å². The quantitative estimate of drug-likeness (QED) is 0.617. The van der Waals surface area contributed by atoms with Crippen LogP contribution in [-0.2, 0) is 21.3 Å². The van der Waals surface area contributed by atoms with Gasteiger partial charge in [-0.2, -0.15) is 8.42 Å². The van der Waals surface area contributed by atoms with Gasteiger partial charge in [-0.15, -0.1) is 0 Å². The van der Waals surface area contributed by atoms with E-state index in [1.165, 1.54) is 18.2 Å². The van der Waals surface area contributed by atoms with Crippen LogP contribution in [0, 0.1) is 0 Å². The van der Waals surface area contributed by atoms with Gasteiger partial charge in [0.05, 0.1) is 6.42 Å². The molecule has 0 atom stereocenters. The van der Waals surface area contributed by atoms with Crippen molar-refractivity contribution in [2.45, 2.75) is 11.3 Å². The Balaban J connectivity index is 2.17. The molecule has 0 amide bonds. The predicted octanol–water partition coefficient (Wildman–Crippen LogP) is 1.75. The Morgan fingerprint density at radius 2 is 2.00 bits per heavy atom. The molecule has 6 nitrogen and oxygen atoms in total. The van der Waals surface area contributed by atoms with Gasteiger partial charge in [-0.05, 0) is 28.9 Å². The molecule has 0 saturated carbocycles. The Morgan fingerprint density at radius 1 is 1.32 bits per heavy atom. The van der Waals surface area contributed by atoms with Crippen molar-refractivity contribution in [3.63, 3.8) is 0 Å². The van der Waals surface area contributed by atoms with Crippen LogP contribution in [0.5, 0.6) is 5.88 Å². The van der Waals surface area contributed by atoms with Crippen molar-refractivity contribution >= 4 is 27.0 Å². The summed E-state index contributed by atoms with van der Waals surface area (Å²) in [5, 5.41) is 2.75.